The maximum atomic E-state index is 13.5. The number of aliphatic imine (C=N–C) groups is 1. The quantitative estimate of drug-likeness (QED) is 0.262. The van der Waals surface area contributed by atoms with Crippen LogP contribution in [0.25, 0.3) is 0 Å². The molecule has 0 aliphatic heterocycles. The molecule has 2 aromatic carbocycles. The molecule has 26 heavy (non-hydrogen) atoms. The number of aryl methyl sites for hydroxylation is 2. The lowest BCUT2D eigenvalue weighted by Crippen LogP contribution is -2.28. The van der Waals surface area contributed by atoms with Crippen LogP contribution in [-0.2, 0) is 6.42 Å². The predicted molar refractivity (Wildman–Crippen MR) is 115 cm³/mol. The van der Waals surface area contributed by atoms with Crippen molar-refractivity contribution in [1.29, 1.82) is 0 Å². The number of nitrogens with one attached hydrogen (secondary N) is 2. The van der Waals surface area contributed by atoms with Crippen molar-refractivity contribution in [2.24, 2.45) is 10.7 Å². The smallest absolute Gasteiger partial charge is 0.251 e. The van der Waals surface area contributed by atoms with Crippen molar-refractivity contribution < 1.29 is 9.18 Å². The van der Waals surface area contributed by atoms with E-state index < -0.39 is 5.82 Å². The summed E-state index contributed by atoms with van der Waals surface area (Å²) in [5.41, 5.74) is 8.72. The molecule has 0 radical (unpaired) electrons. The van der Waals surface area contributed by atoms with Gasteiger partial charge in [-0.2, -0.15) is 0 Å². The first-order valence-corrected chi connectivity index (χ1v) is 8.20. The molecular formula is C19H24FIN4O. The fraction of sp³-hybridized carbons (Fsp3) is 0.263. The van der Waals surface area contributed by atoms with Gasteiger partial charge in [0.05, 0.1) is 6.54 Å². The molecule has 1 amide bonds. The van der Waals surface area contributed by atoms with E-state index in [2.05, 4.69) is 22.5 Å². The normalized spacial score (nSPS) is 10.8. The molecule has 0 aliphatic rings. The van der Waals surface area contributed by atoms with Crippen LogP contribution in [0.1, 0.15) is 28.4 Å². The number of hydrogen-bond donors (Lipinski definition) is 3. The minimum Gasteiger partial charge on any atom is -0.370 e. The zero-order valence-electron chi connectivity index (χ0n) is 14.9. The van der Waals surface area contributed by atoms with E-state index in [9.17, 15) is 9.18 Å². The van der Waals surface area contributed by atoms with Gasteiger partial charge in [-0.1, -0.05) is 25.1 Å². The van der Waals surface area contributed by atoms with Gasteiger partial charge < -0.3 is 16.4 Å². The number of halogens is 2. The molecule has 0 atom stereocenters. The molecule has 0 bridgehead atoms. The number of carbonyl (C=O) groups excluding carboxylic acids is 1. The van der Waals surface area contributed by atoms with Crippen LogP contribution in [0.5, 0.6) is 0 Å². The number of nitrogens with two attached hydrogens (primary N) is 1. The lowest BCUT2D eigenvalue weighted by atomic mass is 10.1. The predicted octanol–water partition coefficient (Wildman–Crippen LogP) is 3.47. The van der Waals surface area contributed by atoms with Crippen molar-refractivity contribution in [2.45, 2.75) is 20.3 Å². The molecule has 140 valence electrons. The van der Waals surface area contributed by atoms with Crippen molar-refractivity contribution >= 4 is 41.5 Å². The van der Waals surface area contributed by atoms with Gasteiger partial charge >= 0.3 is 0 Å². The molecular weight excluding hydrogens is 446 g/mol. The summed E-state index contributed by atoms with van der Waals surface area (Å²) in [6.07, 6.45) is 0.981. The highest BCUT2D eigenvalue weighted by Gasteiger charge is 2.07. The monoisotopic (exact) mass is 470 g/mol. The Morgan fingerprint density at radius 2 is 1.88 bits per heavy atom. The van der Waals surface area contributed by atoms with Crippen molar-refractivity contribution in [3.63, 3.8) is 0 Å². The van der Waals surface area contributed by atoms with Gasteiger partial charge in [-0.3, -0.25) is 9.79 Å². The standard InChI is InChI=1S/C19H23FN4O.HI/c1-3-14-5-8-16(9-6-14)24-19(21)23-11-10-22-18(25)15-7-4-13(2)17(20)12-15;/h4-9,12H,3,10-11H2,1-2H3,(H,22,25)(H3,21,23,24);1H. The van der Waals surface area contributed by atoms with Crippen molar-refractivity contribution in [3.05, 3.63) is 65.0 Å². The largest absolute Gasteiger partial charge is 0.370 e. The van der Waals surface area contributed by atoms with Gasteiger partial charge in [0.1, 0.15) is 5.82 Å². The number of carbonyl (C=O) groups is 1. The van der Waals surface area contributed by atoms with Crippen LogP contribution >= 0.6 is 24.0 Å². The van der Waals surface area contributed by atoms with E-state index in [1.54, 1.807) is 19.1 Å². The number of hydrogen-bond acceptors (Lipinski definition) is 2. The third kappa shape index (κ3) is 6.62. The molecule has 0 heterocycles. The first-order valence-electron chi connectivity index (χ1n) is 8.20. The Bertz CT molecular complexity index is 763. The number of amides is 1. The second-order valence-electron chi connectivity index (χ2n) is 5.66. The second-order valence-corrected chi connectivity index (χ2v) is 5.66. The zero-order valence-corrected chi connectivity index (χ0v) is 17.2. The van der Waals surface area contributed by atoms with Crippen LogP contribution in [0.3, 0.4) is 0 Å². The maximum absolute atomic E-state index is 13.5. The molecule has 0 unspecified atom stereocenters. The number of rotatable bonds is 6. The van der Waals surface area contributed by atoms with Crippen LogP contribution in [-0.4, -0.2) is 25.0 Å². The Labute approximate surface area is 170 Å². The molecule has 2 aromatic rings. The van der Waals surface area contributed by atoms with Crippen molar-refractivity contribution in [2.75, 3.05) is 18.4 Å². The molecule has 4 N–H and O–H groups in total. The summed E-state index contributed by atoms with van der Waals surface area (Å²) in [5.74, 6) is -0.455. The van der Waals surface area contributed by atoms with Crippen LogP contribution in [0.2, 0.25) is 0 Å². The third-order valence-electron chi connectivity index (χ3n) is 3.75. The summed E-state index contributed by atoms with van der Waals surface area (Å²) in [4.78, 5) is 16.1. The molecule has 0 saturated heterocycles. The summed E-state index contributed by atoms with van der Waals surface area (Å²) < 4.78 is 13.5. The molecule has 0 fully saturated rings. The third-order valence-corrected chi connectivity index (χ3v) is 3.75. The summed E-state index contributed by atoms with van der Waals surface area (Å²) in [6.45, 7) is 4.38. The van der Waals surface area contributed by atoms with E-state index in [4.69, 9.17) is 5.73 Å². The maximum Gasteiger partial charge on any atom is 0.251 e. The van der Waals surface area contributed by atoms with Crippen LogP contribution in [0, 0.1) is 12.7 Å². The van der Waals surface area contributed by atoms with Gasteiger partial charge in [0.2, 0.25) is 0 Å². The van der Waals surface area contributed by atoms with E-state index in [1.807, 2.05) is 24.3 Å². The molecule has 7 heteroatoms. The minimum absolute atomic E-state index is 0. The van der Waals surface area contributed by atoms with E-state index in [-0.39, 0.29) is 41.4 Å². The lowest BCUT2D eigenvalue weighted by Gasteiger charge is -2.07. The number of anilines is 1. The van der Waals surface area contributed by atoms with Gasteiger partial charge in [0.15, 0.2) is 5.96 Å². The molecule has 0 saturated carbocycles. The Hall–Kier alpha value is -2.16. The van der Waals surface area contributed by atoms with Gasteiger partial charge in [-0.05, 0) is 48.7 Å². The Balaban J connectivity index is 0.00000338. The number of guanidine groups is 1. The first-order chi connectivity index (χ1) is 12.0. The Kier molecular flexibility index (Phi) is 9.04. The summed E-state index contributed by atoms with van der Waals surface area (Å²) in [7, 11) is 0. The fourth-order valence-electron chi connectivity index (χ4n) is 2.19. The average Bonchev–Trinajstić information content (AvgIpc) is 2.61. The Morgan fingerprint density at radius 1 is 1.19 bits per heavy atom. The van der Waals surface area contributed by atoms with Crippen LogP contribution in [0.4, 0.5) is 10.1 Å². The summed E-state index contributed by atoms with van der Waals surface area (Å²) >= 11 is 0. The van der Waals surface area contributed by atoms with Crippen molar-refractivity contribution in [1.82, 2.24) is 5.32 Å². The fourth-order valence-corrected chi connectivity index (χ4v) is 2.19. The SMILES string of the molecule is CCc1ccc(NC(N)=NCCNC(=O)c2ccc(C)c(F)c2)cc1.I. The number of nitrogens with zero attached hydrogens (tertiary/aromatic N) is 1. The van der Waals surface area contributed by atoms with Crippen LogP contribution < -0.4 is 16.4 Å². The molecule has 2 rings (SSSR count). The van der Waals surface area contributed by atoms with E-state index in [0.29, 0.717) is 18.7 Å². The van der Waals surface area contributed by atoms with E-state index >= 15 is 0 Å². The minimum atomic E-state index is -0.395. The highest BCUT2D eigenvalue weighted by atomic mass is 127. The second kappa shape index (κ2) is 10.7. The van der Waals surface area contributed by atoms with E-state index in [0.717, 1.165) is 12.1 Å². The molecule has 0 aromatic heterocycles. The van der Waals surface area contributed by atoms with Gasteiger partial charge in [0, 0.05) is 17.8 Å². The molecule has 0 spiro atoms. The molecule has 5 nitrogen and oxygen atoms in total. The van der Waals surface area contributed by atoms with E-state index in [1.165, 1.54) is 11.6 Å². The zero-order chi connectivity index (χ0) is 18.2. The van der Waals surface area contributed by atoms with Gasteiger partial charge in [-0.15, -0.1) is 24.0 Å². The van der Waals surface area contributed by atoms with Gasteiger partial charge in [-0.25, -0.2) is 4.39 Å². The van der Waals surface area contributed by atoms with Crippen molar-refractivity contribution in [3.8, 4) is 0 Å². The number of benzene rings is 2. The lowest BCUT2D eigenvalue weighted by molar-refractivity contribution is 0.0954. The summed E-state index contributed by atoms with van der Waals surface area (Å²) in [5, 5.41) is 5.68. The molecule has 0 aliphatic carbocycles. The topological polar surface area (TPSA) is 79.5 Å². The highest BCUT2D eigenvalue weighted by Crippen LogP contribution is 2.10. The highest BCUT2D eigenvalue weighted by molar-refractivity contribution is 14.0. The van der Waals surface area contributed by atoms with Gasteiger partial charge in [0.25, 0.3) is 5.91 Å². The average molecular weight is 470 g/mol. The van der Waals surface area contributed by atoms with Crippen LogP contribution in [0.15, 0.2) is 47.5 Å². The Morgan fingerprint density at radius 3 is 2.50 bits per heavy atom. The first kappa shape index (κ1) is 21.9. The summed E-state index contributed by atoms with van der Waals surface area (Å²) in [6, 6.07) is 12.3.